The third-order valence-corrected chi connectivity index (χ3v) is 4.85. The summed E-state index contributed by atoms with van der Waals surface area (Å²) in [6.45, 7) is 3.35. The van der Waals surface area contributed by atoms with Crippen LogP contribution in [0.15, 0.2) is 4.99 Å². The van der Waals surface area contributed by atoms with Gasteiger partial charge in [0.2, 0.25) is 23.6 Å². The molecule has 0 bridgehead atoms. The van der Waals surface area contributed by atoms with Crippen molar-refractivity contribution in [1.29, 1.82) is 0 Å². The Hall–Kier alpha value is -3.95. The van der Waals surface area contributed by atoms with Gasteiger partial charge in [0.05, 0.1) is 12.5 Å². The lowest BCUT2D eigenvalue weighted by atomic mass is 10.0. The number of rotatable bonds is 17. The van der Waals surface area contributed by atoms with Crippen LogP contribution < -0.4 is 38.9 Å². The molecule has 0 spiro atoms. The van der Waals surface area contributed by atoms with Gasteiger partial charge in [-0.2, -0.15) is 0 Å². The highest BCUT2D eigenvalue weighted by Gasteiger charge is 2.32. The molecule has 204 valence electrons. The van der Waals surface area contributed by atoms with E-state index in [1.54, 1.807) is 13.8 Å². The van der Waals surface area contributed by atoms with E-state index >= 15 is 0 Å². The third kappa shape index (κ3) is 13.1. The maximum atomic E-state index is 12.9. The maximum absolute atomic E-state index is 12.9. The van der Waals surface area contributed by atoms with Gasteiger partial charge in [-0.1, -0.05) is 13.8 Å². The van der Waals surface area contributed by atoms with Gasteiger partial charge in [0.25, 0.3) is 0 Å². The first-order chi connectivity index (χ1) is 16.6. The van der Waals surface area contributed by atoms with Crippen LogP contribution in [0.5, 0.6) is 0 Å². The standard InChI is InChI=1S/C20H36N8O8/c1-9(2)15(18(34)27-12(19(35)36)8-13(22)29)28-17(33)11(5-6-14(30)31)26-16(32)10(21)4-3-7-25-20(23)24/h9-12,15H,3-8,21H2,1-2H3,(H2,22,29)(H,26,32)(H,27,34)(H,28,33)(H,30,31)(H,35,36)(H4,23,24,25). The number of primary amides is 1. The van der Waals surface area contributed by atoms with Gasteiger partial charge >= 0.3 is 11.9 Å². The van der Waals surface area contributed by atoms with E-state index in [4.69, 9.17) is 28.0 Å². The topological polar surface area (TPSA) is 295 Å². The van der Waals surface area contributed by atoms with Gasteiger partial charge in [-0.15, -0.1) is 0 Å². The van der Waals surface area contributed by atoms with E-state index in [1.807, 2.05) is 0 Å². The van der Waals surface area contributed by atoms with Gasteiger partial charge in [0, 0.05) is 13.0 Å². The number of nitrogens with two attached hydrogens (primary N) is 4. The Balaban J connectivity index is 5.42. The van der Waals surface area contributed by atoms with E-state index in [1.165, 1.54) is 0 Å². The molecular weight excluding hydrogens is 480 g/mol. The predicted octanol–water partition coefficient (Wildman–Crippen LogP) is -3.70. The zero-order valence-electron chi connectivity index (χ0n) is 20.2. The highest BCUT2D eigenvalue weighted by atomic mass is 16.4. The fourth-order valence-corrected chi connectivity index (χ4v) is 2.92. The molecule has 0 saturated heterocycles. The van der Waals surface area contributed by atoms with Crippen LogP contribution in [0.4, 0.5) is 0 Å². The Morgan fingerprint density at radius 2 is 1.42 bits per heavy atom. The van der Waals surface area contributed by atoms with Gasteiger partial charge in [-0.05, 0) is 25.2 Å². The molecule has 0 aromatic carbocycles. The molecule has 0 aliphatic rings. The van der Waals surface area contributed by atoms with Crippen LogP contribution in [0.25, 0.3) is 0 Å². The summed E-state index contributed by atoms with van der Waals surface area (Å²) in [6.07, 6.45) is -0.915. The van der Waals surface area contributed by atoms with E-state index in [9.17, 15) is 33.9 Å². The van der Waals surface area contributed by atoms with Crippen molar-refractivity contribution in [3.05, 3.63) is 0 Å². The quantitative estimate of drug-likeness (QED) is 0.0514. The van der Waals surface area contributed by atoms with E-state index in [-0.39, 0.29) is 25.3 Å². The van der Waals surface area contributed by atoms with Gasteiger partial charge in [-0.3, -0.25) is 29.0 Å². The Bertz CT molecular complexity index is 844. The first kappa shape index (κ1) is 32.0. The molecule has 13 N–H and O–H groups in total. The van der Waals surface area contributed by atoms with Gasteiger partial charge in [0.15, 0.2) is 5.96 Å². The molecule has 0 aromatic heterocycles. The Labute approximate surface area is 207 Å². The normalized spacial score (nSPS) is 14.0. The molecule has 0 saturated carbocycles. The van der Waals surface area contributed by atoms with Crippen molar-refractivity contribution in [3.63, 3.8) is 0 Å². The fourth-order valence-electron chi connectivity index (χ4n) is 2.92. The van der Waals surface area contributed by atoms with Gasteiger partial charge in [-0.25, -0.2) is 4.79 Å². The van der Waals surface area contributed by atoms with Crippen molar-refractivity contribution in [2.75, 3.05) is 6.54 Å². The number of guanidine groups is 1. The summed E-state index contributed by atoms with van der Waals surface area (Å²) < 4.78 is 0. The second-order valence-electron chi connectivity index (χ2n) is 8.35. The minimum atomic E-state index is -1.62. The highest BCUT2D eigenvalue weighted by Crippen LogP contribution is 2.07. The molecule has 0 rings (SSSR count). The number of aliphatic imine (C=N–C) groups is 1. The summed E-state index contributed by atoms with van der Waals surface area (Å²) in [5.41, 5.74) is 21.3. The van der Waals surface area contributed by atoms with Crippen LogP contribution in [0.2, 0.25) is 0 Å². The Morgan fingerprint density at radius 1 is 0.833 bits per heavy atom. The molecule has 0 heterocycles. The summed E-state index contributed by atoms with van der Waals surface area (Å²) >= 11 is 0. The first-order valence-corrected chi connectivity index (χ1v) is 11.1. The summed E-state index contributed by atoms with van der Waals surface area (Å²) in [5, 5.41) is 25.1. The number of carbonyl (C=O) groups is 6. The van der Waals surface area contributed by atoms with Gasteiger partial charge in [0.1, 0.15) is 18.1 Å². The Kier molecular flexibility index (Phi) is 14.1. The van der Waals surface area contributed by atoms with Crippen molar-refractivity contribution in [2.45, 2.75) is 70.1 Å². The highest BCUT2D eigenvalue weighted by molar-refractivity contribution is 5.95. The van der Waals surface area contributed by atoms with E-state index in [2.05, 4.69) is 20.9 Å². The van der Waals surface area contributed by atoms with Crippen molar-refractivity contribution < 1.29 is 39.0 Å². The molecular formula is C20H36N8O8. The summed E-state index contributed by atoms with van der Waals surface area (Å²) in [7, 11) is 0. The summed E-state index contributed by atoms with van der Waals surface area (Å²) in [5.74, 6) is -6.88. The summed E-state index contributed by atoms with van der Waals surface area (Å²) in [6, 6.07) is -5.29. The van der Waals surface area contributed by atoms with Gasteiger partial charge < -0.3 is 49.1 Å². The SMILES string of the molecule is CC(C)C(NC(=O)C(CCC(=O)O)NC(=O)C(N)CCCN=C(N)N)C(=O)NC(CC(N)=O)C(=O)O. The number of carbonyl (C=O) groups excluding carboxylic acids is 4. The van der Waals surface area contributed by atoms with E-state index < -0.39 is 78.5 Å². The van der Waals surface area contributed by atoms with Crippen LogP contribution in [0.1, 0.15) is 46.0 Å². The molecule has 4 amide bonds. The first-order valence-electron chi connectivity index (χ1n) is 11.1. The molecule has 0 aliphatic carbocycles. The number of nitrogens with zero attached hydrogens (tertiary/aromatic N) is 1. The fraction of sp³-hybridized carbons (Fsp3) is 0.650. The van der Waals surface area contributed by atoms with Crippen molar-refractivity contribution >= 4 is 41.5 Å². The number of carboxylic acids is 2. The molecule has 4 atom stereocenters. The monoisotopic (exact) mass is 516 g/mol. The number of nitrogens with one attached hydrogen (secondary N) is 3. The molecule has 16 nitrogen and oxygen atoms in total. The molecule has 0 radical (unpaired) electrons. The number of aliphatic carboxylic acids is 2. The molecule has 4 unspecified atom stereocenters. The van der Waals surface area contributed by atoms with E-state index in [0.717, 1.165) is 0 Å². The second-order valence-corrected chi connectivity index (χ2v) is 8.35. The van der Waals surface area contributed by atoms with Crippen molar-refractivity contribution in [1.82, 2.24) is 16.0 Å². The average Bonchev–Trinajstić information content (AvgIpc) is 2.75. The zero-order valence-corrected chi connectivity index (χ0v) is 20.2. The molecule has 0 fully saturated rings. The Morgan fingerprint density at radius 3 is 1.89 bits per heavy atom. The number of hydrogen-bond acceptors (Lipinski definition) is 8. The van der Waals surface area contributed by atoms with E-state index in [0.29, 0.717) is 6.42 Å². The summed E-state index contributed by atoms with van der Waals surface area (Å²) in [4.78, 5) is 75.2. The third-order valence-electron chi connectivity index (χ3n) is 4.85. The predicted molar refractivity (Wildman–Crippen MR) is 127 cm³/mol. The average molecular weight is 517 g/mol. The van der Waals surface area contributed by atoms with Crippen LogP contribution in [0.3, 0.4) is 0 Å². The number of amides is 4. The van der Waals surface area contributed by atoms with Crippen LogP contribution in [-0.2, 0) is 28.8 Å². The lowest BCUT2D eigenvalue weighted by Gasteiger charge is -2.26. The van der Waals surface area contributed by atoms with Crippen molar-refractivity contribution in [3.8, 4) is 0 Å². The lowest BCUT2D eigenvalue weighted by molar-refractivity contribution is -0.144. The largest absolute Gasteiger partial charge is 0.481 e. The van der Waals surface area contributed by atoms with Crippen LogP contribution in [0, 0.1) is 5.92 Å². The van der Waals surface area contributed by atoms with Crippen molar-refractivity contribution in [2.24, 2.45) is 33.8 Å². The molecule has 0 aromatic rings. The molecule has 36 heavy (non-hydrogen) atoms. The smallest absolute Gasteiger partial charge is 0.326 e. The van der Waals surface area contributed by atoms with Crippen LogP contribution >= 0.6 is 0 Å². The minimum absolute atomic E-state index is 0.119. The molecule has 0 aliphatic heterocycles. The minimum Gasteiger partial charge on any atom is -0.481 e. The number of hydrogen-bond donors (Lipinski definition) is 9. The number of carboxylic acid groups (broad SMARTS) is 2. The van der Waals surface area contributed by atoms with Crippen LogP contribution in [-0.4, -0.2) is 82.5 Å². The zero-order chi connectivity index (χ0) is 28.0. The second kappa shape index (κ2) is 15.9. The maximum Gasteiger partial charge on any atom is 0.326 e. The molecule has 16 heteroatoms. The lowest BCUT2D eigenvalue weighted by Crippen LogP contribution is -2.58.